The van der Waals surface area contributed by atoms with Crippen LogP contribution in [-0.2, 0) is 0 Å². The van der Waals surface area contributed by atoms with Gasteiger partial charge in [0.2, 0.25) is 0 Å². The molecule has 0 aliphatic rings. The van der Waals surface area contributed by atoms with E-state index in [9.17, 15) is 0 Å². The molecule has 0 atom stereocenters. The summed E-state index contributed by atoms with van der Waals surface area (Å²) in [5.74, 6) is 0. The van der Waals surface area contributed by atoms with E-state index in [1.165, 1.54) is 96.1 Å². The van der Waals surface area contributed by atoms with Crippen LogP contribution < -0.4 is 0 Å². The van der Waals surface area contributed by atoms with E-state index < -0.39 is 0 Å². The molecule has 0 bridgehead atoms. The maximum Gasteiger partial charge on any atom is 0.0726 e. The molecule has 0 saturated carbocycles. The second-order valence-electron chi connectivity index (χ2n) is 13.6. The Hall–Kier alpha value is -6.42. The van der Waals surface area contributed by atoms with E-state index in [-0.39, 0.29) is 0 Å². The molecule has 0 aliphatic heterocycles. The summed E-state index contributed by atoms with van der Waals surface area (Å²) in [5, 5.41) is 15.8. The van der Waals surface area contributed by atoms with Crippen molar-refractivity contribution in [3.8, 4) is 11.4 Å². The van der Waals surface area contributed by atoms with Gasteiger partial charge in [0.15, 0.2) is 0 Å². The highest BCUT2D eigenvalue weighted by molar-refractivity contribution is 7.27. The summed E-state index contributed by atoms with van der Waals surface area (Å²) in [6.07, 6.45) is 0. The van der Waals surface area contributed by atoms with Crippen molar-refractivity contribution >= 4 is 107 Å². The van der Waals surface area contributed by atoms with Crippen molar-refractivity contribution in [2.75, 3.05) is 0 Å². The summed E-state index contributed by atoms with van der Waals surface area (Å²) in [5.41, 5.74) is 7.27. The molecule has 2 nitrogen and oxygen atoms in total. The van der Waals surface area contributed by atoms with E-state index in [1.807, 2.05) is 11.3 Å². The van der Waals surface area contributed by atoms with Crippen LogP contribution >= 0.6 is 11.3 Å². The van der Waals surface area contributed by atoms with Gasteiger partial charge in [0.05, 0.1) is 26.8 Å². The molecule has 3 heteroatoms. The van der Waals surface area contributed by atoms with Crippen LogP contribution in [0.2, 0.25) is 0 Å². The molecule has 3 heterocycles. The van der Waals surface area contributed by atoms with Crippen molar-refractivity contribution in [1.82, 2.24) is 9.13 Å². The lowest BCUT2D eigenvalue weighted by molar-refractivity contribution is 1.15. The van der Waals surface area contributed by atoms with E-state index in [2.05, 4.69) is 179 Å². The molecule has 0 radical (unpaired) electrons. The van der Waals surface area contributed by atoms with Crippen LogP contribution in [0, 0.1) is 0 Å². The normalized spacial score (nSPS) is 12.3. The Balaban J connectivity index is 1.26. The molecule has 0 fully saturated rings. The molecular formula is C48H28N2S. The van der Waals surface area contributed by atoms with Crippen molar-refractivity contribution in [1.29, 1.82) is 0 Å². The highest BCUT2D eigenvalue weighted by atomic mass is 32.1. The molecule has 12 rings (SSSR count). The smallest absolute Gasteiger partial charge is 0.0726 e. The first-order chi connectivity index (χ1) is 25.3. The summed E-state index contributed by atoms with van der Waals surface area (Å²) in [4.78, 5) is 0. The Bertz CT molecular complexity index is 3360. The SMILES string of the molecule is c1ccc2c(c1)sc1c2c2c3ccccc3c3ccccc3c2c2c3ccccc3n(-c3ccc(-n4c5ccccc5c5ccccc54)cc3)c12. The first-order valence-electron chi connectivity index (χ1n) is 17.5. The fraction of sp³-hybridized carbons (Fsp3) is 0. The summed E-state index contributed by atoms with van der Waals surface area (Å²) < 4.78 is 7.58. The quantitative estimate of drug-likeness (QED) is 0.163. The molecule has 0 saturated heterocycles. The van der Waals surface area contributed by atoms with Gasteiger partial charge in [0, 0.05) is 59.2 Å². The minimum atomic E-state index is 1.16. The molecule has 51 heavy (non-hydrogen) atoms. The summed E-state index contributed by atoms with van der Waals surface area (Å²) in [6, 6.07) is 62.6. The zero-order valence-electron chi connectivity index (χ0n) is 27.5. The molecule has 236 valence electrons. The Morgan fingerprint density at radius 2 is 0.706 bits per heavy atom. The van der Waals surface area contributed by atoms with Gasteiger partial charge in [-0.1, -0.05) is 121 Å². The molecule has 0 unspecified atom stereocenters. The van der Waals surface area contributed by atoms with E-state index >= 15 is 0 Å². The summed E-state index contributed by atoms with van der Waals surface area (Å²) >= 11 is 1.92. The van der Waals surface area contributed by atoms with E-state index in [4.69, 9.17) is 0 Å². The highest BCUT2D eigenvalue weighted by Gasteiger charge is 2.24. The molecule has 0 amide bonds. The number of thiophene rings is 1. The van der Waals surface area contributed by atoms with Crippen LogP contribution in [0.1, 0.15) is 0 Å². The number of rotatable bonds is 2. The molecule has 9 aromatic carbocycles. The lowest BCUT2D eigenvalue weighted by Crippen LogP contribution is -1.97. The monoisotopic (exact) mass is 664 g/mol. The molecule has 0 spiro atoms. The van der Waals surface area contributed by atoms with Crippen molar-refractivity contribution in [2.45, 2.75) is 0 Å². The van der Waals surface area contributed by atoms with Gasteiger partial charge in [0.1, 0.15) is 0 Å². The van der Waals surface area contributed by atoms with Gasteiger partial charge < -0.3 is 9.13 Å². The fourth-order valence-corrected chi connectivity index (χ4v) is 10.3. The van der Waals surface area contributed by atoms with Gasteiger partial charge in [-0.05, 0) is 70.1 Å². The van der Waals surface area contributed by atoms with Crippen LogP contribution in [0.4, 0.5) is 0 Å². The van der Waals surface area contributed by atoms with Crippen LogP contribution in [0.5, 0.6) is 0 Å². The van der Waals surface area contributed by atoms with Gasteiger partial charge >= 0.3 is 0 Å². The standard InChI is InChI=1S/C48H28N2S/c1-3-17-35-31(13-1)32-14-2-4-18-36(32)44-43(35)45-37-19-7-11-23-41(37)50(47(45)48-46(44)38-20-8-12-24-42(38)51-48)30-27-25-29(26-28-30)49-39-21-9-5-15-33(39)34-16-6-10-22-40(34)49/h1-28H. The topological polar surface area (TPSA) is 9.86 Å². The fourth-order valence-electron chi connectivity index (χ4n) is 9.05. The average molecular weight is 665 g/mol. The van der Waals surface area contributed by atoms with Crippen molar-refractivity contribution in [3.63, 3.8) is 0 Å². The van der Waals surface area contributed by atoms with Gasteiger partial charge in [0.25, 0.3) is 0 Å². The Kier molecular flexibility index (Phi) is 5.41. The maximum absolute atomic E-state index is 2.53. The minimum Gasteiger partial charge on any atom is -0.309 e. The predicted octanol–water partition coefficient (Wildman–Crippen LogP) is 13.7. The third-order valence-corrected chi connectivity index (χ3v) is 12.2. The van der Waals surface area contributed by atoms with Gasteiger partial charge in [-0.2, -0.15) is 0 Å². The zero-order chi connectivity index (χ0) is 33.2. The van der Waals surface area contributed by atoms with E-state index in [0.29, 0.717) is 0 Å². The lowest BCUT2D eigenvalue weighted by Gasteiger charge is -2.15. The Morgan fingerprint density at radius 3 is 1.29 bits per heavy atom. The number of hydrogen-bond acceptors (Lipinski definition) is 1. The number of para-hydroxylation sites is 3. The molecular weight excluding hydrogens is 637 g/mol. The van der Waals surface area contributed by atoms with E-state index in [1.54, 1.807) is 0 Å². The third-order valence-electron chi connectivity index (χ3n) is 11.1. The van der Waals surface area contributed by atoms with Crippen LogP contribution in [0.25, 0.3) is 107 Å². The van der Waals surface area contributed by atoms with E-state index in [0.717, 1.165) is 11.4 Å². The highest BCUT2D eigenvalue weighted by Crippen LogP contribution is 2.51. The van der Waals surface area contributed by atoms with Gasteiger partial charge in [-0.3, -0.25) is 0 Å². The second-order valence-corrected chi connectivity index (χ2v) is 14.7. The number of benzene rings is 9. The van der Waals surface area contributed by atoms with Gasteiger partial charge in [-0.15, -0.1) is 11.3 Å². The maximum atomic E-state index is 2.53. The van der Waals surface area contributed by atoms with Crippen LogP contribution in [-0.4, -0.2) is 9.13 Å². The first-order valence-corrected chi connectivity index (χ1v) is 18.4. The summed E-state index contributed by atoms with van der Waals surface area (Å²) in [7, 11) is 0. The van der Waals surface area contributed by atoms with Crippen molar-refractivity contribution in [3.05, 3.63) is 170 Å². The Morgan fingerprint density at radius 1 is 0.294 bits per heavy atom. The lowest BCUT2D eigenvalue weighted by atomic mass is 9.89. The number of aromatic nitrogens is 2. The average Bonchev–Trinajstić information content (AvgIpc) is 3.86. The molecule has 3 aromatic heterocycles. The Labute approximate surface area is 296 Å². The minimum absolute atomic E-state index is 1.16. The number of hydrogen-bond donors (Lipinski definition) is 0. The van der Waals surface area contributed by atoms with Crippen molar-refractivity contribution < 1.29 is 0 Å². The number of nitrogens with zero attached hydrogens (tertiary/aromatic N) is 2. The summed E-state index contributed by atoms with van der Waals surface area (Å²) in [6.45, 7) is 0. The van der Waals surface area contributed by atoms with Gasteiger partial charge in [-0.25, -0.2) is 0 Å². The molecule has 0 N–H and O–H groups in total. The van der Waals surface area contributed by atoms with Crippen LogP contribution in [0.15, 0.2) is 170 Å². The second kappa shape index (κ2) is 10.1. The molecule has 0 aliphatic carbocycles. The van der Waals surface area contributed by atoms with Crippen LogP contribution in [0.3, 0.4) is 0 Å². The zero-order valence-corrected chi connectivity index (χ0v) is 28.3. The third kappa shape index (κ3) is 3.56. The molecule has 12 aromatic rings. The predicted molar refractivity (Wildman–Crippen MR) is 221 cm³/mol. The van der Waals surface area contributed by atoms with Crippen molar-refractivity contribution in [2.24, 2.45) is 0 Å². The first kappa shape index (κ1) is 27.4. The number of fused-ring (bicyclic) bond motifs is 18. The largest absolute Gasteiger partial charge is 0.309 e.